The number of aliphatic hydroxyl groups is 1. The van der Waals surface area contributed by atoms with Crippen LogP contribution in [0.5, 0.6) is 5.75 Å². The average Bonchev–Trinajstić information content (AvgIpc) is 2.44. The first kappa shape index (κ1) is 17.0. The maximum atomic E-state index is 9.77. The van der Waals surface area contributed by atoms with E-state index in [0.717, 1.165) is 24.2 Å². The molecular formula is C16H27NO3. The molecule has 1 atom stereocenters. The molecule has 1 aromatic carbocycles. The van der Waals surface area contributed by atoms with E-state index in [0.29, 0.717) is 25.7 Å². The van der Waals surface area contributed by atoms with Gasteiger partial charge in [-0.05, 0) is 36.5 Å². The summed E-state index contributed by atoms with van der Waals surface area (Å²) in [6.07, 6.45) is 1.58. The first-order valence-corrected chi connectivity index (χ1v) is 7.29. The van der Waals surface area contributed by atoms with Crippen molar-refractivity contribution in [2.24, 2.45) is 11.7 Å². The van der Waals surface area contributed by atoms with Gasteiger partial charge in [0.05, 0.1) is 6.61 Å². The van der Waals surface area contributed by atoms with Gasteiger partial charge in [0.2, 0.25) is 0 Å². The first-order chi connectivity index (χ1) is 9.61. The second kappa shape index (κ2) is 9.75. The molecule has 0 aromatic heterocycles. The van der Waals surface area contributed by atoms with Gasteiger partial charge in [-0.1, -0.05) is 26.0 Å². The van der Waals surface area contributed by atoms with Gasteiger partial charge in [-0.2, -0.15) is 0 Å². The predicted molar refractivity (Wildman–Crippen MR) is 80.7 cm³/mol. The molecule has 20 heavy (non-hydrogen) atoms. The Labute approximate surface area is 121 Å². The third kappa shape index (κ3) is 7.48. The Balaban J connectivity index is 2.14. The minimum atomic E-state index is -0.601. The molecule has 0 aliphatic carbocycles. The zero-order valence-corrected chi connectivity index (χ0v) is 12.5. The van der Waals surface area contributed by atoms with Crippen molar-refractivity contribution >= 4 is 0 Å². The zero-order valence-electron chi connectivity index (χ0n) is 12.5. The number of hydrogen-bond donors (Lipinski definition) is 2. The van der Waals surface area contributed by atoms with Gasteiger partial charge in [0.25, 0.3) is 0 Å². The Hall–Kier alpha value is -1.10. The fourth-order valence-electron chi connectivity index (χ4n) is 1.82. The topological polar surface area (TPSA) is 64.7 Å². The molecule has 114 valence electrons. The maximum absolute atomic E-state index is 9.77. The Morgan fingerprint density at radius 2 is 2.05 bits per heavy atom. The fourth-order valence-corrected chi connectivity index (χ4v) is 1.82. The van der Waals surface area contributed by atoms with Gasteiger partial charge >= 0.3 is 0 Å². The Kier molecular flexibility index (Phi) is 8.26. The summed E-state index contributed by atoms with van der Waals surface area (Å²) in [5.74, 6) is 1.42. The summed E-state index contributed by atoms with van der Waals surface area (Å²) in [6.45, 7) is 6.11. The van der Waals surface area contributed by atoms with Gasteiger partial charge in [-0.3, -0.25) is 0 Å². The molecule has 0 spiro atoms. The smallest absolute Gasteiger partial charge is 0.119 e. The highest BCUT2D eigenvalue weighted by atomic mass is 16.5. The molecule has 0 heterocycles. The van der Waals surface area contributed by atoms with E-state index in [1.165, 1.54) is 0 Å². The highest BCUT2D eigenvalue weighted by Crippen LogP contribution is 2.13. The van der Waals surface area contributed by atoms with Crippen molar-refractivity contribution in [1.29, 1.82) is 0 Å². The minimum Gasteiger partial charge on any atom is -0.491 e. The van der Waals surface area contributed by atoms with Crippen LogP contribution >= 0.6 is 0 Å². The summed E-state index contributed by atoms with van der Waals surface area (Å²) in [6, 6.07) is 7.58. The molecule has 1 aromatic rings. The SMILES string of the molecule is CC(C)CCCOCC(O)COc1cccc(CN)c1. The number of ether oxygens (including phenoxy) is 2. The van der Waals surface area contributed by atoms with Gasteiger partial charge < -0.3 is 20.3 Å². The van der Waals surface area contributed by atoms with E-state index in [9.17, 15) is 5.11 Å². The summed E-state index contributed by atoms with van der Waals surface area (Å²) in [7, 11) is 0. The lowest BCUT2D eigenvalue weighted by molar-refractivity contribution is 0.0105. The van der Waals surface area contributed by atoms with Gasteiger partial charge in [0, 0.05) is 13.2 Å². The molecular weight excluding hydrogens is 254 g/mol. The number of rotatable bonds is 10. The zero-order chi connectivity index (χ0) is 14.8. The van der Waals surface area contributed by atoms with Gasteiger partial charge in [0.1, 0.15) is 18.5 Å². The van der Waals surface area contributed by atoms with E-state index in [2.05, 4.69) is 13.8 Å². The lowest BCUT2D eigenvalue weighted by atomic mass is 10.1. The van der Waals surface area contributed by atoms with E-state index >= 15 is 0 Å². The highest BCUT2D eigenvalue weighted by molar-refractivity contribution is 5.28. The van der Waals surface area contributed by atoms with Crippen molar-refractivity contribution in [3.05, 3.63) is 29.8 Å². The molecule has 0 amide bonds. The molecule has 0 saturated carbocycles. The summed E-state index contributed by atoms with van der Waals surface area (Å²) in [4.78, 5) is 0. The number of aliphatic hydroxyl groups excluding tert-OH is 1. The Morgan fingerprint density at radius 1 is 1.25 bits per heavy atom. The standard InChI is InChI=1S/C16H27NO3/c1-13(2)5-4-8-19-11-15(18)12-20-16-7-3-6-14(9-16)10-17/h3,6-7,9,13,15,18H,4-5,8,10-12,17H2,1-2H3. The molecule has 0 saturated heterocycles. The quantitative estimate of drug-likeness (QED) is 0.646. The average molecular weight is 281 g/mol. The molecule has 1 unspecified atom stereocenters. The van der Waals surface area contributed by atoms with Crippen LogP contribution in [0.15, 0.2) is 24.3 Å². The van der Waals surface area contributed by atoms with Crippen LogP contribution in [0, 0.1) is 5.92 Å². The Bertz CT molecular complexity index is 368. The molecule has 4 nitrogen and oxygen atoms in total. The fraction of sp³-hybridized carbons (Fsp3) is 0.625. The molecule has 0 fully saturated rings. The van der Waals surface area contributed by atoms with Crippen molar-refractivity contribution in [3.63, 3.8) is 0 Å². The van der Waals surface area contributed by atoms with Crippen molar-refractivity contribution < 1.29 is 14.6 Å². The van der Waals surface area contributed by atoms with E-state index in [1.807, 2.05) is 24.3 Å². The van der Waals surface area contributed by atoms with Crippen molar-refractivity contribution in [3.8, 4) is 5.75 Å². The van der Waals surface area contributed by atoms with E-state index < -0.39 is 6.10 Å². The number of benzene rings is 1. The van der Waals surface area contributed by atoms with Crippen LogP contribution in [0.2, 0.25) is 0 Å². The monoisotopic (exact) mass is 281 g/mol. The summed E-state index contributed by atoms with van der Waals surface area (Å²) >= 11 is 0. The normalized spacial score (nSPS) is 12.7. The van der Waals surface area contributed by atoms with Crippen LogP contribution in [0.4, 0.5) is 0 Å². The predicted octanol–water partition coefficient (Wildman–Crippen LogP) is 2.34. The van der Waals surface area contributed by atoms with E-state index in [1.54, 1.807) is 0 Å². The minimum absolute atomic E-state index is 0.234. The largest absolute Gasteiger partial charge is 0.491 e. The van der Waals surface area contributed by atoms with Crippen molar-refractivity contribution in [2.45, 2.75) is 39.3 Å². The summed E-state index contributed by atoms with van der Waals surface area (Å²) in [5.41, 5.74) is 6.58. The van der Waals surface area contributed by atoms with Crippen LogP contribution in [0.1, 0.15) is 32.3 Å². The van der Waals surface area contributed by atoms with Gasteiger partial charge in [-0.15, -0.1) is 0 Å². The molecule has 0 bridgehead atoms. The molecule has 3 N–H and O–H groups in total. The molecule has 1 rings (SSSR count). The van der Waals surface area contributed by atoms with Crippen molar-refractivity contribution in [2.75, 3.05) is 19.8 Å². The van der Waals surface area contributed by atoms with Crippen LogP contribution < -0.4 is 10.5 Å². The molecule has 0 radical (unpaired) electrons. The highest BCUT2D eigenvalue weighted by Gasteiger charge is 2.06. The molecule has 0 aliphatic heterocycles. The second-order valence-electron chi connectivity index (χ2n) is 5.43. The lowest BCUT2D eigenvalue weighted by Gasteiger charge is -2.13. The summed E-state index contributed by atoms with van der Waals surface area (Å²) < 4.78 is 10.9. The van der Waals surface area contributed by atoms with Crippen LogP contribution in [-0.2, 0) is 11.3 Å². The second-order valence-corrected chi connectivity index (χ2v) is 5.43. The molecule has 4 heteroatoms. The van der Waals surface area contributed by atoms with Gasteiger partial charge in [0.15, 0.2) is 0 Å². The number of hydrogen-bond acceptors (Lipinski definition) is 4. The third-order valence-corrected chi connectivity index (χ3v) is 2.96. The number of nitrogens with two attached hydrogens (primary N) is 1. The molecule has 0 aliphatic rings. The maximum Gasteiger partial charge on any atom is 0.119 e. The third-order valence-electron chi connectivity index (χ3n) is 2.96. The Morgan fingerprint density at radius 3 is 2.75 bits per heavy atom. The van der Waals surface area contributed by atoms with Crippen molar-refractivity contribution in [1.82, 2.24) is 0 Å². The van der Waals surface area contributed by atoms with Gasteiger partial charge in [-0.25, -0.2) is 0 Å². The van der Waals surface area contributed by atoms with E-state index in [-0.39, 0.29) is 6.61 Å². The van der Waals surface area contributed by atoms with Crippen LogP contribution in [-0.4, -0.2) is 31.0 Å². The van der Waals surface area contributed by atoms with E-state index in [4.69, 9.17) is 15.2 Å². The van der Waals surface area contributed by atoms with Crippen LogP contribution in [0.3, 0.4) is 0 Å². The lowest BCUT2D eigenvalue weighted by Crippen LogP contribution is -2.23. The summed E-state index contributed by atoms with van der Waals surface area (Å²) in [5, 5.41) is 9.77. The first-order valence-electron chi connectivity index (χ1n) is 7.29. The van der Waals surface area contributed by atoms with Crippen LogP contribution in [0.25, 0.3) is 0 Å².